The number of para-hydroxylation sites is 1. The molecule has 0 saturated heterocycles. The summed E-state index contributed by atoms with van der Waals surface area (Å²) in [7, 11) is 2.05. The Hall–Kier alpha value is -2.00. The number of halogens is 1. The van der Waals surface area contributed by atoms with Gasteiger partial charge in [-0.05, 0) is 17.7 Å². The summed E-state index contributed by atoms with van der Waals surface area (Å²) in [5.74, 6) is 0.854. The summed E-state index contributed by atoms with van der Waals surface area (Å²) >= 11 is 6.17. The van der Waals surface area contributed by atoms with Gasteiger partial charge in [-0.2, -0.15) is 0 Å². The zero-order valence-corrected chi connectivity index (χ0v) is 12.0. The molecule has 0 bridgehead atoms. The summed E-state index contributed by atoms with van der Waals surface area (Å²) in [6, 6.07) is 18.4. The van der Waals surface area contributed by atoms with E-state index in [1.165, 1.54) is 5.56 Å². The highest BCUT2D eigenvalue weighted by molar-refractivity contribution is 6.33. The molecule has 3 rings (SSSR count). The lowest BCUT2D eigenvalue weighted by Crippen LogP contribution is -2.31. The molecule has 2 aromatic carbocycles. The number of benzene rings is 2. The Labute approximate surface area is 123 Å². The fourth-order valence-corrected chi connectivity index (χ4v) is 2.55. The van der Waals surface area contributed by atoms with Crippen LogP contribution >= 0.6 is 11.6 Å². The molecule has 1 heterocycles. The number of hydrogen-bond acceptors (Lipinski definition) is 3. The molecule has 1 aliphatic heterocycles. The average molecular weight is 286 g/mol. The monoisotopic (exact) mass is 285 g/mol. The van der Waals surface area contributed by atoms with Crippen LogP contribution in [0.3, 0.4) is 0 Å². The molecule has 0 fully saturated rings. The van der Waals surface area contributed by atoms with E-state index in [1.807, 2.05) is 37.4 Å². The summed E-state index contributed by atoms with van der Waals surface area (Å²) in [4.78, 5) is 6.74. The van der Waals surface area contributed by atoms with E-state index in [2.05, 4.69) is 39.5 Å². The summed E-state index contributed by atoms with van der Waals surface area (Å²) in [6.45, 7) is 0.757. The first-order valence-electron chi connectivity index (χ1n) is 6.59. The van der Waals surface area contributed by atoms with Gasteiger partial charge in [-0.3, -0.25) is 4.99 Å². The van der Waals surface area contributed by atoms with Crippen molar-refractivity contribution in [2.45, 2.75) is 6.04 Å². The minimum Gasteiger partial charge on any atom is -0.337 e. The van der Waals surface area contributed by atoms with Gasteiger partial charge in [-0.25, -0.2) is 0 Å². The van der Waals surface area contributed by atoms with Gasteiger partial charge in [0.05, 0.1) is 23.3 Å². The normalized spacial score (nSPS) is 18.0. The molecule has 0 spiro atoms. The number of likely N-dealkylation sites (N-methyl/N-ethyl adjacent to an activating group) is 1. The second kappa shape index (κ2) is 5.55. The van der Waals surface area contributed by atoms with Crippen molar-refractivity contribution in [3.8, 4) is 0 Å². The summed E-state index contributed by atoms with van der Waals surface area (Å²) in [5, 5.41) is 4.00. The van der Waals surface area contributed by atoms with Gasteiger partial charge in [0.25, 0.3) is 0 Å². The summed E-state index contributed by atoms with van der Waals surface area (Å²) in [6.07, 6.45) is 0. The first-order chi connectivity index (χ1) is 9.75. The van der Waals surface area contributed by atoms with Crippen molar-refractivity contribution >= 4 is 23.2 Å². The number of nitrogens with one attached hydrogen (secondary N) is 1. The third-order valence-corrected chi connectivity index (χ3v) is 3.85. The van der Waals surface area contributed by atoms with Crippen LogP contribution in [-0.4, -0.2) is 24.5 Å². The van der Waals surface area contributed by atoms with Gasteiger partial charge in [-0.15, -0.1) is 0 Å². The lowest BCUT2D eigenvalue weighted by Gasteiger charge is -2.24. The topological polar surface area (TPSA) is 27.6 Å². The molecular formula is C16H16ClN3. The van der Waals surface area contributed by atoms with Crippen molar-refractivity contribution in [2.24, 2.45) is 4.99 Å². The Morgan fingerprint density at radius 3 is 2.55 bits per heavy atom. The molecule has 2 aromatic rings. The fourth-order valence-electron chi connectivity index (χ4n) is 2.37. The quantitative estimate of drug-likeness (QED) is 0.909. The van der Waals surface area contributed by atoms with Crippen molar-refractivity contribution in [1.82, 2.24) is 4.90 Å². The molecule has 0 saturated carbocycles. The molecule has 4 heteroatoms. The fraction of sp³-hybridized carbons (Fsp3) is 0.188. The molecule has 102 valence electrons. The maximum atomic E-state index is 6.17. The van der Waals surface area contributed by atoms with Gasteiger partial charge in [0, 0.05) is 7.05 Å². The van der Waals surface area contributed by atoms with Crippen LogP contribution in [0.5, 0.6) is 0 Å². The Morgan fingerprint density at radius 2 is 1.80 bits per heavy atom. The second-order valence-electron chi connectivity index (χ2n) is 4.81. The zero-order valence-electron chi connectivity index (χ0n) is 11.3. The number of guanidine groups is 1. The molecular weight excluding hydrogens is 270 g/mol. The maximum Gasteiger partial charge on any atom is 0.198 e. The van der Waals surface area contributed by atoms with Gasteiger partial charge in [0.15, 0.2) is 5.96 Å². The van der Waals surface area contributed by atoms with Crippen LogP contribution in [0.25, 0.3) is 0 Å². The lowest BCUT2D eigenvalue weighted by molar-refractivity contribution is 0.416. The zero-order chi connectivity index (χ0) is 13.9. The van der Waals surface area contributed by atoms with Crippen LogP contribution < -0.4 is 5.32 Å². The predicted octanol–water partition coefficient (Wildman–Crippen LogP) is 3.79. The number of hydrogen-bond donors (Lipinski definition) is 1. The van der Waals surface area contributed by atoms with Gasteiger partial charge < -0.3 is 10.2 Å². The largest absolute Gasteiger partial charge is 0.337 e. The number of nitrogens with zero attached hydrogens (tertiary/aromatic N) is 2. The van der Waals surface area contributed by atoms with E-state index in [9.17, 15) is 0 Å². The molecule has 1 unspecified atom stereocenters. The summed E-state index contributed by atoms with van der Waals surface area (Å²) in [5.41, 5.74) is 2.16. The molecule has 20 heavy (non-hydrogen) atoms. The second-order valence-corrected chi connectivity index (χ2v) is 5.21. The minimum atomic E-state index is 0.279. The van der Waals surface area contributed by atoms with Gasteiger partial charge in [0.2, 0.25) is 0 Å². The maximum absolute atomic E-state index is 6.17. The van der Waals surface area contributed by atoms with Crippen molar-refractivity contribution in [3.63, 3.8) is 0 Å². The highest BCUT2D eigenvalue weighted by atomic mass is 35.5. The first-order valence-corrected chi connectivity index (χ1v) is 6.97. The van der Waals surface area contributed by atoms with E-state index in [4.69, 9.17) is 11.6 Å². The third-order valence-electron chi connectivity index (χ3n) is 3.52. The Balaban J connectivity index is 1.76. The minimum absolute atomic E-state index is 0.279. The average Bonchev–Trinajstić information content (AvgIpc) is 2.84. The van der Waals surface area contributed by atoms with E-state index in [-0.39, 0.29) is 6.04 Å². The van der Waals surface area contributed by atoms with E-state index in [1.54, 1.807) is 0 Å². The Morgan fingerprint density at radius 1 is 1.10 bits per heavy atom. The van der Waals surface area contributed by atoms with Gasteiger partial charge >= 0.3 is 0 Å². The lowest BCUT2D eigenvalue weighted by atomic mass is 10.1. The van der Waals surface area contributed by atoms with E-state index in [0.29, 0.717) is 5.02 Å². The highest BCUT2D eigenvalue weighted by Gasteiger charge is 2.25. The van der Waals surface area contributed by atoms with E-state index >= 15 is 0 Å². The summed E-state index contributed by atoms with van der Waals surface area (Å²) < 4.78 is 0. The molecule has 0 aromatic heterocycles. The Kier molecular flexibility index (Phi) is 3.61. The van der Waals surface area contributed by atoms with Crippen LogP contribution in [0.15, 0.2) is 59.6 Å². The Bertz CT molecular complexity index is 625. The van der Waals surface area contributed by atoms with Crippen molar-refractivity contribution in [2.75, 3.05) is 18.9 Å². The SMILES string of the molecule is CN1C(Nc2ccccc2Cl)=NCC1c1ccccc1. The molecule has 0 radical (unpaired) electrons. The van der Waals surface area contributed by atoms with Crippen LogP contribution in [0.2, 0.25) is 5.02 Å². The van der Waals surface area contributed by atoms with Crippen LogP contribution in [-0.2, 0) is 0 Å². The third kappa shape index (κ3) is 2.49. The molecule has 1 aliphatic rings. The van der Waals surface area contributed by atoms with Crippen molar-refractivity contribution in [3.05, 3.63) is 65.2 Å². The van der Waals surface area contributed by atoms with Gasteiger partial charge in [-0.1, -0.05) is 54.1 Å². The van der Waals surface area contributed by atoms with E-state index < -0.39 is 0 Å². The van der Waals surface area contributed by atoms with Gasteiger partial charge in [0.1, 0.15) is 0 Å². The number of aliphatic imine (C=N–C) groups is 1. The first kappa shape index (κ1) is 13.0. The van der Waals surface area contributed by atoms with Crippen molar-refractivity contribution < 1.29 is 0 Å². The smallest absolute Gasteiger partial charge is 0.198 e. The molecule has 1 atom stereocenters. The molecule has 0 amide bonds. The number of anilines is 1. The van der Waals surface area contributed by atoms with Crippen molar-refractivity contribution in [1.29, 1.82) is 0 Å². The van der Waals surface area contributed by atoms with Crippen LogP contribution in [0, 0.1) is 0 Å². The van der Waals surface area contributed by atoms with Crippen LogP contribution in [0.4, 0.5) is 5.69 Å². The van der Waals surface area contributed by atoms with Crippen LogP contribution in [0.1, 0.15) is 11.6 Å². The highest BCUT2D eigenvalue weighted by Crippen LogP contribution is 2.27. The standard InChI is InChI=1S/C16H16ClN3/c1-20-15(12-7-3-2-4-8-12)11-18-16(20)19-14-10-6-5-9-13(14)17/h2-10,15H,11H2,1H3,(H,18,19). The predicted molar refractivity (Wildman–Crippen MR) is 84.3 cm³/mol. The number of rotatable bonds is 2. The van der Waals surface area contributed by atoms with E-state index in [0.717, 1.165) is 18.2 Å². The molecule has 3 nitrogen and oxygen atoms in total. The molecule has 1 N–H and O–H groups in total. The molecule has 0 aliphatic carbocycles.